The van der Waals surface area contributed by atoms with E-state index in [0.29, 0.717) is 6.04 Å². The van der Waals surface area contributed by atoms with Crippen LogP contribution in [0.1, 0.15) is 37.4 Å². The van der Waals surface area contributed by atoms with Gasteiger partial charge in [0, 0.05) is 6.04 Å². The maximum absolute atomic E-state index is 3.60. The van der Waals surface area contributed by atoms with Gasteiger partial charge in [-0.3, -0.25) is 0 Å². The van der Waals surface area contributed by atoms with Gasteiger partial charge < -0.3 is 5.32 Å². The molecule has 1 aromatic carbocycles. The Hall–Kier alpha value is -0.820. The number of rotatable bonds is 2. The SMILES string of the molecule is CCc1ccccc1C1NCCC1C. The van der Waals surface area contributed by atoms with Crippen molar-refractivity contribution in [2.45, 2.75) is 32.7 Å². The molecule has 76 valence electrons. The van der Waals surface area contributed by atoms with Gasteiger partial charge >= 0.3 is 0 Å². The largest absolute Gasteiger partial charge is 0.310 e. The monoisotopic (exact) mass is 189 g/mol. The smallest absolute Gasteiger partial charge is 0.0349 e. The minimum atomic E-state index is 0.589. The third kappa shape index (κ3) is 1.69. The molecule has 1 aliphatic heterocycles. The van der Waals surface area contributed by atoms with Crippen molar-refractivity contribution in [1.29, 1.82) is 0 Å². The van der Waals surface area contributed by atoms with Crippen LogP contribution in [-0.4, -0.2) is 6.54 Å². The predicted molar refractivity (Wildman–Crippen MR) is 60.3 cm³/mol. The van der Waals surface area contributed by atoms with Crippen LogP contribution in [0.5, 0.6) is 0 Å². The lowest BCUT2D eigenvalue weighted by atomic mass is 9.91. The first kappa shape index (κ1) is 9.72. The summed E-state index contributed by atoms with van der Waals surface area (Å²) >= 11 is 0. The summed E-state index contributed by atoms with van der Waals surface area (Å²) in [6, 6.07) is 9.41. The zero-order valence-corrected chi connectivity index (χ0v) is 9.09. The molecule has 14 heavy (non-hydrogen) atoms. The second-order valence-electron chi connectivity index (χ2n) is 4.25. The van der Waals surface area contributed by atoms with Crippen molar-refractivity contribution in [3.05, 3.63) is 35.4 Å². The first-order valence-corrected chi connectivity index (χ1v) is 5.64. The van der Waals surface area contributed by atoms with Crippen LogP contribution in [0.15, 0.2) is 24.3 Å². The second kappa shape index (κ2) is 4.14. The first-order chi connectivity index (χ1) is 6.83. The summed E-state index contributed by atoms with van der Waals surface area (Å²) in [6.45, 7) is 5.75. The molecule has 1 aromatic rings. The molecule has 0 aliphatic carbocycles. The molecule has 1 heteroatoms. The Kier molecular flexibility index (Phi) is 2.87. The fourth-order valence-corrected chi connectivity index (χ4v) is 2.41. The highest BCUT2D eigenvalue weighted by molar-refractivity contribution is 5.31. The molecule has 0 aromatic heterocycles. The van der Waals surface area contributed by atoms with E-state index in [1.165, 1.54) is 24.1 Å². The lowest BCUT2D eigenvalue weighted by molar-refractivity contribution is 0.500. The molecule has 0 amide bonds. The predicted octanol–water partition coefficient (Wildman–Crippen LogP) is 2.92. The summed E-state index contributed by atoms with van der Waals surface area (Å²) in [6.07, 6.45) is 2.45. The number of hydrogen-bond acceptors (Lipinski definition) is 1. The van der Waals surface area contributed by atoms with Gasteiger partial charge in [-0.2, -0.15) is 0 Å². The highest BCUT2D eigenvalue weighted by Crippen LogP contribution is 2.31. The van der Waals surface area contributed by atoms with Crippen LogP contribution in [0.3, 0.4) is 0 Å². The quantitative estimate of drug-likeness (QED) is 0.754. The molecule has 2 atom stereocenters. The molecule has 1 nitrogen and oxygen atoms in total. The van der Waals surface area contributed by atoms with Gasteiger partial charge in [0.1, 0.15) is 0 Å². The van der Waals surface area contributed by atoms with Gasteiger partial charge in [0.05, 0.1) is 0 Å². The Morgan fingerprint density at radius 3 is 2.79 bits per heavy atom. The molecule has 1 fully saturated rings. The van der Waals surface area contributed by atoms with Crippen molar-refractivity contribution >= 4 is 0 Å². The highest BCUT2D eigenvalue weighted by Gasteiger charge is 2.25. The van der Waals surface area contributed by atoms with Crippen LogP contribution >= 0.6 is 0 Å². The van der Waals surface area contributed by atoms with E-state index < -0.39 is 0 Å². The van der Waals surface area contributed by atoms with Crippen molar-refractivity contribution in [3.63, 3.8) is 0 Å². The third-order valence-electron chi connectivity index (χ3n) is 3.30. The Morgan fingerprint density at radius 2 is 2.14 bits per heavy atom. The van der Waals surface area contributed by atoms with E-state index in [4.69, 9.17) is 0 Å². The Balaban J connectivity index is 2.30. The molecule has 1 aliphatic rings. The fourth-order valence-electron chi connectivity index (χ4n) is 2.41. The summed E-state index contributed by atoms with van der Waals surface area (Å²) in [5, 5.41) is 3.60. The van der Waals surface area contributed by atoms with E-state index in [0.717, 1.165) is 12.3 Å². The summed E-state index contributed by atoms with van der Waals surface area (Å²) in [4.78, 5) is 0. The van der Waals surface area contributed by atoms with Crippen LogP contribution in [-0.2, 0) is 6.42 Å². The lowest BCUT2D eigenvalue weighted by Gasteiger charge is -2.19. The minimum absolute atomic E-state index is 0.589. The standard InChI is InChI=1S/C13H19N/c1-3-11-6-4-5-7-12(11)13-10(2)8-9-14-13/h4-7,10,13-14H,3,8-9H2,1-2H3. The molecule has 1 saturated heterocycles. The van der Waals surface area contributed by atoms with Crippen molar-refractivity contribution in [1.82, 2.24) is 5.32 Å². The Morgan fingerprint density at radius 1 is 1.36 bits per heavy atom. The van der Waals surface area contributed by atoms with Crippen LogP contribution in [0, 0.1) is 5.92 Å². The van der Waals surface area contributed by atoms with Gasteiger partial charge in [-0.15, -0.1) is 0 Å². The molecule has 0 saturated carbocycles. The summed E-state index contributed by atoms with van der Waals surface area (Å²) in [7, 11) is 0. The van der Waals surface area contributed by atoms with Crippen LogP contribution in [0.2, 0.25) is 0 Å². The third-order valence-corrected chi connectivity index (χ3v) is 3.30. The lowest BCUT2D eigenvalue weighted by Crippen LogP contribution is -2.17. The zero-order valence-electron chi connectivity index (χ0n) is 9.09. The normalized spacial score (nSPS) is 26.7. The highest BCUT2D eigenvalue weighted by atomic mass is 14.9. The average molecular weight is 189 g/mol. The maximum atomic E-state index is 3.60. The van der Waals surface area contributed by atoms with E-state index in [9.17, 15) is 0 Å². The van der Waals surface area contributed by atoms with Gasteiger partial charge in [0.15, 0.2) is 0 Å². The van der Waals surface area contributed by atoms with Crippen LogP contribution < -0.4 is 5.32 Å². The van der Waals surface area contributed by atoms with Gasteiger partial charge in [0.25, 0.3) is 0 Å². The van der Waals surface area contributed by atoms with Crippen LogP contribution in [0.4, 0.5) is 0 Å². The zero-order chi connectivity index (χ0) is 9.97. The van der Waals surface area contributed by atoms with Crippen molar-refractivity contribution in [3.8, 4) is 0 Å². The van der Waals surface area contributed by atoms with E-state index in [2.05, 4.69) is 43.4 Å². The van der Waals surface area contributed by atoms with E-state index in [-0.39, 0.29) is 0 Å². The van der Waals surface area contributed by atoms with Crippen molar-refractivity contribution in [2.75, 3.05) is 6.54 Å². The fraction of sp³-hybridized carbons (Fsp3) is 0.538. The molecule has 1 heterocycles. The molecule has 2 unspecified atom stereocenters. The minimum Gasteiger partial charge on any atom is -0.310 e. The molecule has 0 radical (unpaired) electrons. The summed E-state index contributed by atoms with van der Waals surface area (Å²) in [5.41, 5.74) is 3.01. The Bertz CT molecular complexity index is 306. The maximum Gasteiger partial charge on any atom is 0.0349 e. The van der Waals surface area contributed by atoms with E-state index >= 15 is 0 Å². The molecule has 0 bridgehead atoms. The number of hydrogen-bond donors (Lipinski definition) is 1. The number of benzene rings is 1. The molecule has 0 spiro atoms. The van der Waals surface area contributed by atoms with Crippen molar-refractivity contribution in [2.24, 2.45) is 5.92 Å². The topological polar surface area (TPSA) is 12.0 Å². The summed E-state index contributed by atoms with van der Waals surface area (Å²) in [5.74, 6) is 0.780. The van der Waals surface area contributed by atoms with E-state index in [1.807, 2.05) is 0 Å². The average Bonchev–Trinajstić information content (AvgIpc) is 2.64. The summed E-state index contributed by atoms with van der Waals surface area (Å²) < 4.78 is 0. The molecular formula is C13H19N. The van der Waals surface area contributed by atoms with E-state index in [1.54, 1.807) is 0 Å². The van der Waals surface area contributed by atoms with Gasteiger partial charge in [-0.25, -0.2) is 0 Å². The second-order valence-corrected chi connectivity index (χ2v) is 4.25. The molecule has 2 rings (SSSR count). The molecule has 1 N–H and O–H groups in total. The van der Waals surface area contributed by atoms with Gasteiger partial charge in [-0.05, 0) is 36.4 Å². The number of aryl methyl sites for hydroxylation is 1. The van der Waals surface area contributed by atoms with Crippen molar-refractivity contribution < 1.29 is 0 Å². The number of nitrogens with one attached hydrogen (secondary N) is 1. The Labute approximate surface area is 86.5 Å². The van der Waals surface area contributed by atoms with Gasteiger partial charge in [-0.1, -0.05) is 38.1 Å². The van der Waals surface area contributed by atoms with Gasteiger partial charge in [0.2, 0.25) is 0 Å². The van der Waals surface area contributed by atoms with Crippen LogP contribution in [0.25, 0.3) is 0 Å². The molecular weight excluding hydrogens is 170 g/mol. The first-order valence-electron chi connectivity index (χ1n) is 5.64.